The second-order valence-corrected chi connectivity index (χ2v) is 4.44. The predicted octanol–water partition coefficient (Wildman–Crippen LogP) is 2.13. The first-order valence-corrected chi connectivity index (χ1v) is 5.18. The van der Waals surface area contributed by atoms with Gasteiger partial charge in [-0.1, -0.05) is 6.07 Å². The molecule has 15 heavy (non-hydrogen) atoms. The van der Waals surface area contributed by atoms with Gasteiger partial charge >= 0.3 is 0 Å². The van der Waals surface area contributed by atoms with Crippen LogP contribution < -0.4 is 0 Å². The standard InChI is InChI=1S/C12H14N2O/c1-8-13-10-6-9(12(2)7-15-12)4-5-11(10)14(8)3/h4-6H,7H2,1-3H3. The summed E-state index contributed by atoms with van der Waals surface area (Å²) < 4.78 is 7.54. The molecule has 2 heterocycles. The van der Waals surface area contributed by atoms with Gasteiger partial charge in [0.1, 0.15) is 11.4 Å². The number of fused-ring (bicyclic) bond motifs is 1. The fraction of sp³-hybridized carbons (Fsp3) is 0.417. The summed E-state index contributed by atoms with van der Waals surface area (Å²) in [4.78, 5) is 4.52. The van der Waals surface area contributed by atoms with Gasteiger partial charge in [0.05, 0.1) is 17.6 Å². The SMILES string of the molecule is Cc1nc2cc(C3(C)CO3)ccc2n1C. The number of hydrogen-bond donors (Lipinski definition) is 0. The zero-order chi connectivity index (χ0) is 10.6. The lowest BCUT2D eigenvalue weighted by molar-refractivity contribution is 0.329. The minimum atomic E-state index is -0.0559. The van der Waals surface area contributed by atoms with Crippen LogP contribution >= 0.6 is 0 Å². The highest BCUT2D eigenvalue weighted by Gasteiger charge is 2.41. The Labute approximate surface area is 88.7 Å². The summed E-state index contributed by atoms with van der Waals surface area (Å²) in [5, 5.41) is 0. The average molecular weight is 202 g/mol. The van der Waals surface area contributed by atoms with Crippen LogP contribution in [-0.2, 0) is 17.4 Å². The van der Waals surface area contributed by atoms with Crippen LogP contribution in [0.2, 0.25) is 0 Å². The molecule has 1 aliphatic heterocycles. The van der Waals surface area contributed by atoms with Crippen LogP contribution in [0.5, 0.6) is 0 Å². The zero-order valence-corrected chi connectivity index (χ0v) is 9.24. The molecule has 0 radical (unpaired) electrons. The largest absolute Gasteiger partial charge is 0.365 e. The molecule has 1 aromatic heterocycles. The van der Waals surface area contributed by atoms with Gasteiger partial charge in [0.25, 0.3) is 0 Å². The maximum absolute atomic E-state index is 5.43. The maximum Gasteiger partial charge on any atom is 0.114 e. The second-order valence-electron chi connectivity index (χ2n) is 4.44. The van der Waals surface area contributed by atoms with Gasteiger partial charge < -0.3 is 9.30 Å². The summed E-state index contributed by atoms with van der Waals surface area (Å²) in [6.45, 7) is 4.96. The Morgan fingerprint density at radius 1 is 1.47 bits per heavy atom. The maximum atomic E-state index is 5.43. The number of rotatable bonds is 1. The quantitative estimate of drug-likeness (QED) is 0.663. The Hall–Kier alpha value is -1.35. The summed E-state index contributed by atoms with van der Waals surface area (Å²) in [7, 11) is 2.04. The van der Waals surface area contributed by atoms with Gasteiger partial charge in [0.15, 0.2) is 0 Å². The van der Waals surface area contributed by atoms with Crippen LogP contribution in [0.3, 0.4) is 0 Å². The molecule has 0 amide bonds. The monoisotopic (exact) mass is 202 g/mol. The molecule has 1 aromatic carbocycles. The Morgan fingerprint density at radius 2 is 2.20 bits per heavy atom. The molecule has 1 saturated heterocycles. The van der Waals surface area contributed by atoms with Crippen LogP contribution in [0.1, 0.15) is 18.3 Å². The van der Waals surface area contributed by atoms with Crippen molar-refractivity contribution in [3.05, 3.63) is 29.6 Å². The third-order valence-corrected chi connectivity index (χ3v) is 3.29. The summed E-state index contributed by atoms with van der Waals surface area (Å²) in [5.74, 6) is 1.05. The number of aromatic nitrogens is 2. The van der Waals surface area contributed by atoms with Gasteiger partial charge in [-0.3, -0.25) is 0 Å². The Kier molecular flexibility index (Phi) is 1.55. The molecule has 1 unspecified atom stereocenters. The molecule has 0 aliphatic carbocycles. The summed E-state index contributed by atoms with van der Waals surface area (Å²) in [6.07, 6.45) is 0. The molecule has 3 nitrogen and oxygen atoms in total. The highest BCUT2D eigenvalue weighted by Crippen LogP contribution is 2.38. The number of imidazole rings is 1. The van der Waals surface area contributed by atoms with E-state index in [2.05, 4.69) is 34.7 Å². The summed E-state index contributed by atoms with van der Waals surface area (Å²) >= 11 is 0. The molecule has 0 bridgehead atoms. The van der Waals surface area contributed by atoms with Gasteiger partial charge in [-0.15, -0.1) is 0 Å². The van der Waals surface area contributed by atoms with Crippen molar-refractivity contribution < 1.29 is 4.74 Å². The first-order chi connectivity index (χ1) is 7.10. The van der Waals surface area contributed by atoms with E-state index >= 15 is 0 Å². The third kappa shape index (κ3) is 1.20. The normalized spacial score (nSPS) is 24.7. The molecule has 1 fully saturated rings. The van der Waals surface area contributed by atoms with E-state index in [-0.39, 0.29) is 5.60 Å². The topological polar surface area (TPSA) is 30.4 Å². The lowest BCUT2D eigenvalue weighted by Crippen LogP contribution is -2.01. The second kappa shape index (κ2) is 2.61. The van der Waals surface area contributed by atoms with Crippen molar-refractivity contribution in [2.75, 3.05) is 6.61 Å². The molecule has 1 atom stereocenters. The van der Waals surface area contributed by atoms with Crippen LogP contribution in [0.4, 0.5) is 0 Å². The van der Waals surface area contributed by atoms with Crippen LogP contribution in [0.25, 0.3) is 11.0 Å². The van der Waals surface area contributed by atoms with E-state index in [0.717, 1.165) is 17.9 Å². The van der Waals surface area contributed by atoms with E-state index in [1.165, 1.54) is 11.1 Å². The molecule has 3 rings (SSSR count). The number of nitrogens with zero attached hydrogens (tertiary/aromatic N) is 2. The van der Waals surface area contributed by atoms with Crippen molar-refractivity contribution in [2.45, 2.75) is 19.4 Å². The molecule has 2 aromatic rings. The van der Waals surface area contributed by atoms with Gasteiger partial charge in [0.2, 0.25) is 0 Å². The first-order valence-electron chi connectivity index (χ1n) is 5.18. The summed E-state index contributed by atoms with van der Waals surface area (Å²) in [6, 6.07) is 6.39. The lowest BCUT2D eigenvalue weighted by atomic mass is 10.0. The van der Waals surface area contributed by atoms with E-state index in [9.17, 15) is 0 Å². The fourth-order valence-corrected chi connectivity index (χ4v) is 1.92. The van der Waals surface area contributed by atoms with Crippen LogP contribution in [0, 0.1) is 6.92 Å². The number of aryl methyl sites for hydroxylation is 2. The zero-order valence-electron chi connectivity index (χ0n) is 9.24. The van der Waals surface area contributed by atoms with Crippen LogP contribution in [0.15, 0.2) is 18.2 Å². The van der Waals surface area contributed by atoms with Crippen molar-refractivity contribution in [2.24, 2.45) is 7.05 Å². The minimum Gasteiger partial charge on any atom is -0.365 e. The molecule has 3 heteroatoms. The predicted molar refractivity (Wildman–Crippen MR) is 58.8 cm³/mol. The molecular formula is C12H14N2O. The Balaban J connectivity index is 2.22. The number of ether oxygens (including phenoxy) is 1. The van der Waals surface area contributed by atoms with Crippen molar-refractivity contribution >= 4 is 11.0 Å². The van der Waals surface area contributed by atoms with E-state index in [0.29, 0.717) is 0 Å². The van der Waals surface area contributed by atoms with Crippen molar-refractivity contribution in [3.63, 3.8) is 0 Å². The molecule has 1 aliphatic rings. The van der Waals surface area contributed by atoms with E-state index < -0.39 is 0 Å². The van der Waals surface area contributed by atoms with E-state index in [1.54, 1.807) is 0 Å². The van der Waals surface area contributed by atoms with Crippen molar-refractivity contribution in [3.8, 4) is 0 Å². The fourth-order valence-electron chi connectivity index (χ4n) is 1.92. The minimum absolute atomic E-state index is 0.0559. The van der Waals surface area contributed by atoms with Gasteiger partial charge in [-0.2, -0.15) is 0 Å². The third-order valence-electron chi connectivity index (χ3n) is 3.29. The Morgan fingerprint density at radius 3 is 2.87 bits per heavy atom. The lowest BCUT2D eigenvalue weighted by Gasteiger charge is -2.04. The first kappa shape index (κ1) is 8.92. The van der Waals surface area contributed by atoms with Crippen molar-refractivity contribution in [1.82, 2.24) is 9.55 Å². The van der Waals surface area contributed by atoms with Gasteiger partial charge in [-0.25, -0.2) is 4.98 Å². The molecule has 78 valence electrons. The average Bonchev–Trinajstić information content (AvgIpc) is 2.90. The van der Waals surface area contributed by atoms with Crippen molar-refractivity contribution in [1.29, 1.82) is 0 Å². The van der Waals surface area contributed by atoms with E-state index in [4.69, 9.17) is 4.74 Å². The molecule has 0 saturated carbocycles. The van der Waals surface area contributed by atoms with Crippen LogP contribution in [-0.4, -0.2) is 16.2 Å². The molecule has 0 N–H and O–H groups in total. The van der Waals surface area contributed by atoms with Gasteiger partial charge in [-0.05, 0) is 31.5 Å². The molecular weight excluding hydrogens is 188 g/mol. The number of epoxide rings is 1. The highest BCUT2D eigenvalue weighted by atomic mass is 16.6. The highest BCUT2D eigenvalue weighted by molar-refractivity contribution is 5.77. The number of hydrogen-bond acceptors (Lipinski definition) is 2. The van der Waals surface area contributed by atoms with E-state index in [1.807, 2.05) is 14.0 Å². The number of benzene rings is 1. The molecule has 0 spiro atoms. The summed E-state index contributed by atoms with van der Waals surface area (Å²) in [5.41, 5.74) is 3.41. The Bertz CT molecular complexity index is 538. The smallest absolute Gasteiger partial charge is 0.114 e. The van der Waals surface area contributed by atoms with Gasteiger partial charge in [0, 0.05) is 7.05 Å².